The van der Waals surface area contributed by atoms with Gasteiger partial charge in [-0.3, -0.25) is 0 Å². The highest BCUT2D eigenvalue weighted by Gasteiger charge is 2.41. The molecule has 0 saturated heterocycles. The SMILES string of the molecule is C.C.C.C=C/C=C(\C)C1(c2ccccc2)CCc2ccccc21. The summed E-state index contributed by atoms with van der Waals surface area (Å²) in [6.07, 6.45) is 6.36. The first-order valence-corrected chi connectivity index (χ1v) is 7.23. The predicted molar refractivity (Wildman–Crippen MR) is 106 cm³/mol. The fourth-order valence-corrected chi connectivity index (χ4v) is 3.59. The lowest BCUT2D eigenvalue weighted by molar-refractivity contribution is 0.596. The molecule has 1 unspecified atom stereocenters. The minimum absolute atomic E-state index is 0. The fourth-order valence-electron chi connectivity index (χ4n) is 3.59. The van der Waals surface area contributed by atoms with Crippen molar-refractivity contribution in [1.82, 2.24) is 0 Å². The Morgan fingerprint density at radius 3 is 2.22 bits per heavy atom. The quantitative estimate of drug-likeness (QED) is 0.538. The lowest BCUT2D eigenvalue weighted by atomic mass is 9.70. The molecule has 0 N–H and O–H groups in total. The summed E-state index contributed by atoms with van der Waals surface area (Å²) in [5.74, 6) is 0. The normalized spacial score (nSPS) is 18.7. The van der Waals surface area contributed by atoms with E-state index in [1.807, 2.05) is 6.08 Å². The third-order valence-electron chi connectivity index (χ3n) is 4.55. The van der Waals surface area contributed by atoms with Crippen molar-refractivity contribution in [1.29, 1.82) is 0 Å². The number of benzene rings is 2. The summed E-state index contributed by atoms with van der Waals surface area (Å²) < 4.78 is 0. The maximum absolute atomic E-state index is 3.88. The van der Waals surface area contributed by atoms with Crippen LogP contribution in [0.3, 0.4) is 0 Å². The second kappa shape index (κ2) is 8.53. The van der Waals surface area contributed by atoms with Gasteiger partial charge in [-0.15, -0.1) is 0 Å². The van der Waals surface area contributed by atoms with Crippen molar-refractivity contribution in [3.8, 4) is 0 Å². The van der Waals surface area contributed by atoms with Crippen LogP contribution in [0.25, 0.3) is 0 Å². The molecule has 0 radical (unpaired) electrons. The van der Waals surface area contributed by atoms with Gasteiger partial charge in [-0.25, -0.2) is 0 Å². The van der Waals surface area contributed by atoms with E-state index in [0.717, 1.165) is 12.8 Å². The Morgan fingerprint density at radius 1 is 0.957 bits per heavy atom. The number of rotatable bonds is 3. The van der Waals surface area contributed by atoms with Gasteiger partial charge in [0, 0.05) is 5.41 Å². The van der Waals surface area contributed by atoms with E-state index < -0.39 is 0 Å². The molecule has 0 aromatic heterocycles. The molecule has 2 aromatic rings. The number of hydrogen-bond donors (Lipinski definition) is 0. The fraction of sp³-hybridized carbons (Fsp3) is 0.304. The van der Waals surface area contributed by atoms with Crippen molar-refractivity contribution in [2.45, 2.75) is 47.5 Å². The zero-order valence-corrected chi connectivity index (χ0v) is 12.0. The molecule has 0 saturated carbocycles. The van der Waals surface area contributed by atoms with Gasteiger partial charge in [-0.05, 0) is 36.5 Å². The van der Waals surface area contributed by atoms with Crippen LogP contribution in [0.5, 0.6) is 0 Å². The van der Waals surface area contributed by atoms with Crippen LogP contribution in [0.2, 0.25) is 0 Å². The number of aryl methyl sites for hydroxylation is 1. The zero-order valence-electron chi connectivity index (χ0n) is 12.0. The Labute approximate surface area is 143 Å². The molecule has 1 aliphatic carbocycles. The van der Waals surface area contributed by atoms with E-state index in [-0.39, 0.29) is 27.7 Å². The van der Waals surface area contributed by atoms with Crippen molar-refractivity contribution >= 4 is 0 Å². The van der Waals surface area contributed by atoms with E-state index in [0.29, 0.717) is 0 Å². The molecule has 0 bridgehead atoms. The molecule has 3 rings (SSSR count). The van der Waals surface area contributed by atoms with Gasteiger partial charge in [0.15, 0.2) is 0 Å². The minimum atomic E-state index is 0. The van der Waals surface area contributed by atoms with Crippen molar-refractivity contribution in [3.63, 3.8) is 0 Å². The topological polar surface area (TPSA) is 0 Å². The Bertz CT molecular complexity index is 649. The van der Waals surface area contributed by atoms with Crippen molar-refractivity contribution < 1.29 is 0 Å². The molecular weight excluding hydrogens is 276 g/mol. The van der Waals surface area contributed by atoms with E-state index in [9.17, 15) is 0 Å². The lowest BCUT2D eigenvalue weighted by Crippen LogP contribution is -2.26. The average molecular weight is 309 g/mol. The van der Waals surface area contributed by atoms with Gasteiger partial charge in [0.2, 0.25) is 0 Å². The molecule has 0 nitrogen and oxygen atoms in total. The van der Waals surface area contributed by atoms with E-state index in [1.165, 1.54) is 22.3 Å². The van der Waals surface area contributed by atoms with Crippen LogP contribution in [0.4, 0.5) is 0 Å². The Balaban J connectivity index is 0.00000161. The second-order valence-electron chi connectivity index (χ2n) is 5.51. The molecule has 0 spiro atoms. The first-order valence-electron chi connectivity index (χ1n) is 7.23. The van der Waals surface area contributed by atoms with Crippen LogP contribution in [-0.2, 0) is 11.8 Å². The Morgan fingerprint density at radius 2 is 1.57 bits per heavy atom. The largest absolute Gasteiger partial charge is 0.0991 e. The zero-order chi connectivity index (χ0) is 14.0. The van der Waals surface area contributed by atoms with Crippen LogP contribution in [0, 0.1) is 0 Å². The molecule has 0 amide bonds. The van der Waals surface area contributed by atoms with Gasteiger partial charge < -0.3 is 0 Å². The molecule has 1 aliphatic rings. The molecule has 2 aromatic carbocycles. The monoisotopic (exact) mass is 308 g/mol. The van der Waals surface area contributed by atoms with Crippen molar-refractivity contribution in [2.75, 3.05) is 0 Å². The first kappa shape index (κ1) is 20.9. The van der Waals surface area contributed by atoms with Gasteiger partial charge in [-0.1, -0.05) is 101 Å². The standard InChI is InChI=1S/C20H20.3CH4/c1-3-9-16(2)20(18-11-5-4-6-12-18)15-14-17-10-7-8-13-19(17)20;;;/h3-13H,1,14-15H2,2H3;3*1H4/b16-9+;;;. The summed E-state index contributed by atoms with van der Waals surface area (Å²) in [6, 6.07) is 19.7. The van der Waals surface area contributed by atoms with Gasteiger partial charge >= 0.3 is 0 Å². The van der Waals surface area contributed by atoms with E-state index in [2.05, 4.69) is 74.2 Å². The molecule has 0 aliphatic heterocycles. The molecule has 0 heterocycles. The first-order chi connectivity index (χ1) is 9.79. The predicted octanol–water partition coefficient (Wildman–Crippen LogP) is 6.96. The molecule has 0 fully saturated rings. The number of fused-ring (bicyclic) bond motifs is 1. The third-order valence-corrected chi connectivity index (χ3v) is 4.55. The third kappa shape index (κ3) is 3.32. The van der Waals surface area contributed by atoms with Crippen molar-refractivity contribution in [2.24, 2.45) is 0 Å². The number of allylic oxidation sites excluding steroid dienone is 3. The molecule has 1 atom stereocenters. The van der Waals surface area contributed by atoms with Crippen molar-refractivity contribution in [3.05, 3.63) is 95.6 Å². The summed E-state index contributed by atoms with van der Waals surface area (Å²) >= 11 is 0. The van der Waals surface area contributed by atoms with E-state index in [4.69, 9.17) is 0 Å². The average Bonchev–Trinajstić information content (AvgIpc) is 2.89. The highest BCUT2D eigenvalue weighted by molar-refractivity contribution is 5.55. The van der Waals surface area contributed by atoms with Crippen LogP contribution in [0.1, 0.15) is 52.3 Å². The summed E-state index contributed by atoms with van der Waals surface area (Å²) in [5.41, 5.74) is 5.73. The van der Waals surface area contributed by atoms with E-state index in [1.54, 1.807) is 0 Å². The highest BCUT2D eigenvalue weighted by atomic mass is 14.4. The second-order valence-corrected chi connectivity index (χ2v) is 5.51. The lowest BCUT2D eigenvalue weighted by Gasteiger charge is -2.32. The summed E-state index contributed by atoms with van der Waals surface area (Å²) in [6.45, 7) is 6.11. The van der Waals surface area contributed by atoms with Gasteiger partial charge in [-0.2, -0.15) is 0 Å². The Hall–Kier alpha value is -2.08. The minimum Gasteiger partial charge on any atom is -0.0991 e. The summed E-state index contributed by atoms with van der Waals surface area (Å²) in [7, 11) is 0. The van der Waals surface area contributed by atoms with Crippen LogP contribution >= 0.6 is 0 Å². The smallest absolute Gasteiger partial charge is 0.0417 e. The molecule has 124 valence electrons. The molecular formula is C23H32. The van der Waals surface area contributed by atoms with Crippen LogP contribution in [-0.4, -0.2) is 0 Å². The van der Waals surface area contributed by atoms with Crippen LogP contribution < -0.4 is 0 Å². The maximum atomic E-state index is 3.88. The highest BCUT2D eigenvalue weighted by Crippen LogP contribution is 2.48. The van der Waals surface area contributed by atoms with Crippen LogP contribution in [0.15, 0.2) is 78.9 Å². The molecule has 23 heavy (non-hydrogen) atoms. The Kier molecular flexibility index (Phi) is 7.75. The van der Waals surface area contributed by atoms with Gasteiger partial charge in [0.05, 0.1) is 0 Å². The van der Waals surface area contributed by atoms with Gasteiger partial charge in [0.25, 0.3) is 0 Å². The van der Waals surface area contributed by atoms with Gasteiger partial charge in [0.1, 0.15) is 0 Å². The maximum Gasteiger partial charge on any atom is 0.0417 e. The molecule has 0 heteroatoms. The van der Waals surface area contributed by atoms with E-state index >= 15 is 0 Å². The summed E-state index contributed by atoms with van der Waals surface area (Å²) in [4.78, 5) is 0. The summed E-state index contributed by atoms with van der Waals surface area (Å²) in [5, 5.41) is 0. The number of hydrogen-bond acceptors (Lipinski definition) is 0.